The minimum Gasteiger partial charge on any atom is -0.307 e. The van der Waals surface area contributed by atoms with Gasteiger partial charge in [-0.2, -0.15) is 5.10 Å². The first-order chi connectivity index (χ1) is 11.5. The molecule has 2 aromatic carbocycles. The van der Waals surface area contributed by atoms with Crippen molar-refractivity contribution in [2.75, 3.05) is 5.32 Å². The van der Waals surface area contributed by atoms with Gasteiger partial charge < -0.3 is 5.32 Å². The lowest BCUT2D eigenvalue weighted by Crippen LogP contribution is -2.17. The van der Waals surface area contributed by atoms with Crippen molar-refractivity contribution in [3.8, 4) is 0 Å². The lowest BCUT2D eigenvalue weighted by atomic mass is 10.2. The van der Waals surface area contributed by atoms with Crippen molar-refractivity contribution in [2.24, 2.45) is 0 Å². The molecule has 4 nitrogen and oxygen atoms in total. The van der Waals surface area contributed by atoms with Crippen LogP contribution in [-0.2, 0) is 6.54 Å². The van der Waals surface area contributed by atoms with Crippen LogP contribution in [0.2, 0.25) is 5.02 Å². The van der Waals surface area contributed by atoms with Crippen LogP contribution in [0.15, 0.2) is 54.6 Å². The Bertz CT molecular complexity index is 877. The zero-order valence-electron chi connectivity index (χ0n) is 13.0. The normalized spacial score (nSPS) is 10.6. The highest BCUT2D eigenvalue weighted by atomic mass is 35.5. The monoisotopic (exact) mass is 343 g/mol. The van der Waals surface area contributed by atoms with Crippen molar-refractivity contribution in [3.63, 3.8) is 0 Å². The summed E-state index contributed by atoms with van der Waals surface area (Å²) in [6, 6.07) is 15.4. The molecular weight excluding hydrogens is 329 g/mol. The third-order valence-corrected chi connectivity index (χ3v) is 3.73. The number of rotatable bonds is 4. The van der Waals surface area contributed by atoms with Gasteiger partial charge in [0.25, 0.3) is 5.91 Å². The van der Waals surface area contributed by atoms with Crippen molar-refractivity contribution < 1.29 is 9.18 Å². The van der Waals surface area contributed by atoms with Gasteiger partial charge in [0.05, 0.1) is 17.8 Å². The van der Waals surface area contributed by atoms with E-state index in [1.165, 1.54) is 18.2 Å². The molecule has 0 fully saturated rings. The minimum atomic E-state index is -0.622. The van der Waals surface area contributed by atoms with Gasteiger partial charge in [-0.05, 0) is 30.7 Å². The Balaban J connectivity index is 1.85. The molecule has 0 saturated carbocycles. The van der Waals surface area contributed by atoms with E-state index in [-0.39, 0.29) is 5.56 Å². The number of benzene rings is 2. The van der Waals surface area contributed by atoms with E-state index in [1.54, 1.807) is 10.7 Å². The number of amides is 1. The molecule has 0 bridgehead atoms. The Labute approximate surface area is 143 Å². The van der Waals surface area contributed by atoms with Crippen LogP contribution < -0.4 is 5.32 Å². The van der Waals surface area contributed by atoms with E-state index in [0.29, 0.717) is 17.4 Å². The number of nitrogens with one attached hydrogen (secondary N) is 1. The molecule has 0 aliphatic carbocycles. The van der Waals surface area contributed by atoms with Crippen LogP contribution in [0, 0.1) is 12.7 Å². The number of carbonyl (C=O) groups is 1. The molecule has 24 heavy (non-hydrogen) atoms. The van der Waals surface area contributed by atoms with Crippen molar-refractivity contribution >= 4 is 23.3 Å². The van der Waals surface area contributed by atoms with Crippen molar-refractivity contribution in [3.05, 3.63) is 82.3 Å². The Morgan fingerprint density at radius 3 is 2.71 bits per heavy atom. The number of hydrogen-bond acceptors (Lipinski definition) is 2. The third kappa shape index (κ3) is 3.63. The molecule has 0 unspecified atom stereocenters. The molecule has 0 atom stereocenters. The average molecular weight is 344 g/mol. The molecule has 0 saturated heterocycles. The van der Waals surface area contributed by atoms with Gasteiger partial charge in [0.2, 0.25) is 0 Å². The van der Waals surface area contributed by atoms with Crippen LogP contribution in [0.1, 0.15) is 21.6 Å². The fourth-order valence-corrected chi connectivity index (χ4v) is 2.55. The Hall–Kier alpha value is -2.66. The molecule has 1 aromatic heterocycles. The second kappa shape index (κ2) is 6.84. The van der Waals surface area contributed by atoms with Gasteiger partial charge in [-0.1, -0.05) is 41.9 Å². The van der Waals surface area contributed by atoms with Crippen LogP contribution >= 0.6 is 11.6 Å². The maximum absolute atomic E-state index is 13.8. The minimum absolute atomic E-state index is 0.104. The molecular formula is C18H15ClFN3O. The van der Waals surface area contributed by atoms with Crippen LogP contribution in [0.5, 0.6) is 0 Å². The quantitative estimate of drug-likeness (QED) is 0.768. The van der Waals surface area contributed by atoms with E-state index in [4.69, 9.17) is 11.6 Å². The molecule has 1 N–H and O–H groups in total. The van der Waals surface area contributed by atoms with E-state index >= 15 is 0 Å². The Morgan fingerprint density at radius 2 is 1.96 bits per heavy atom. The lowest BCUT2D eigenvalue weighted by Gasteiger charge is -2.10. The molecule has 0 radical (unpaired) electrons. The SMILES string of the molecule is Cc1cc(NC(=O)c2cc(Cl)ccc2F)n(Cc2ccccc2)n1. The fourth-order valence-electron chi connectivity index (χ4n) is 2.38. The predicted octanol–water partition coefficient (Wildman–Crippen LogP) is 4.28. The highest BCUT2D eigenvalue weighted by molar-refractivity contribution is 6.31. The summed E-state index contributed by atoms with van der Waals surface area (Å²) < 4.78 is 15.5. The fraction of sp³-hybridized carbons (Fsp3) is 0.111. The molecule has 1 heterocycles. The third-order valence-electron chi connectivity index (χ3n) is 3.49. The largest absolute Gasteiger partial charge is 0.307 e. The smallest absolute Gasteiger partial charge is 0.259 e. The van der Waals surface area contributed by atoms with Gasteiger partial charge in [0.1, 0.15) is 11.6 Å². The highest BCUT2D eigenvalue weighted by Gasteiger charge is 2.15. The number of anilines is 1. The average Bonchev–Trinajstić information content (AvgIpc) is 2.90. The Kier molecular flexibility index (Phi) is 4.62. The maximum atomic E-state index is 13.8. The molecule has 0 spiro atoms. The first-order valence-electron chi connectivity index (χ1n) is 7.38. The standard InChI is InChI=1S/C18H15ClFN3O/c1-12-9-17(23(22-12)11-13-5-3-2-4-6-13)21-18(24)15-10-14(19)7-8-16(15)20/h2-10H,11H2,1H3,(H,21,24). The molecule has 0 aliphatic heterocycles. The summed E-state index contributed by atoms with van der Waals surface area (Å²) in [7, 11) is 0. The molecule has 122 valence electrons. The van der Waals surface area contributed by atoms with Crippen LogP contribution in [0.25, 0.3) is 0 Å². The van der Waals surface area contributed by atoms with E-state index in [0.717, 1.165) is 11.3 Å². The van der Waals surface area contributed by atoms with Gasteiger partial charge in [-0.3, -0.25) is 4.79 Å². The number of carbonyl (C=O) groups excluding carboxylic acids is 1. The van der Waals surface area contributed by atoms with Crippen LogP contribution in [0.4, 0.5) is 10.2 Å². The summed E-state index contributed by atoms with van der Waals surface area (Å²) >= 11 is 5.84. The van der Waals surface area contributed by atoms with Gasteiger partial charge >= 0.3 is 0 Å². The number of aromatic nitrogens is 2. The maximum Gasteiger partial charge on any atom is 0.259 e. The highest BCUT2D eigenvalue weighted by Crippen LogP contribution is 2.18. The van der Waals surface area contributed by atoms with Gasteiger partial charge in [0.15, 0.2) is 0 Å². The first kappa shape index (κ1) is 16.2. The number of aryl methyl sites for hydroxylation is 1. The Morgan fingerprint density at radius 1 is 1.21 bits per heavy atom. The van der Waals surface area contributed by atoms with E-state index in [2.05, 4.69) is 10.4 Å². The molecule has 1 amide bonds. The van der Waals surface area contributed by atoms with Gasteiger partial charge in [-0.25, -0.2) is 9.07 Å². The summed E-state index contributed by atoms with van der Waals surface area (Å²) in [6.45, 7) is 2.33. The molecule has 0 aliphatic rings. The zero-order valence-corrected chi connectivity index (χ0v) is 13.7. The van der Waals surface area contributed by atoms with Gasteiger partial charge in [0, 0.05) is 11.1 Å². The summed E-state index contributed by atoms with van der Waals surface area (Å²) in [5.41, 5.74) is 1.70. The van der Waals surface area contributed by atoms with Crippen LogP contribution in [0.3, 0.4) is 0 Å². The predicted molar refractivity (Wildman–Crippen MR) is 91.9 cm³/mol. The lowest BCUT2D eigenvalue weighted by molar-refractivity contribution is 0.102. The topological polar surface area (TPSA) is 46.9 Å². The second-order valence-corrected chi connectivity index (χ2v) is 5.83. The zero-order chi connectivity index (χ0) is 17.1. The first-order valence-corrected chi connectivity index (χ1v) is 7.75. The number of nitrogens with zero attached hydrogens (tertiary/aromatic N) is 2. The van der Waals surface area contributed by atoms with Gasteiger partial charge in [-0.15, -0.1) is 0 Å². The molecule has 3 rings (SSSR count). The van der Waals surface area contributed by atoms with Crippen molar-refractivity contribution in [1.29, 1.82) is 0 Å². The van der Waals surface area contributed by atoms with E-state index < -0.39 is 11.7 Å². The number of halogens is 2. The van der Waals surface area contributed by atoms with Crippen molar-refractivity contribution in [1.82, 2.24) is 9.78 Å². The molecule has 6 heteroatoms. The molecule has 3 aromatic rings. The summed E-state index contributed by atoms with van der Waals surface area (Å²) in [5.74, 6) is -0.687. The van der Waals surface area contributed by atoms with Crippen molar-refractivity contribution in [2.45, 2.75) is 13.5 Å². The summed E-state index contributed by atoms with van der Waals surface area (Å²) in [4.78, 5) is 12.4. The second-order valence-electron chi connectivity index (χ2n) is 5.39. The van der Waals surface area contributed by atoms with E-state index in [1.807, 2.05) is 37.3 Å². The van der Waals surface area contributed by atoms with E-state index in [9.17, 15) is 9.18 Å². The summed E-state index contributed by atoms with van der Waals surface area (Å²) in [6.07, 6.45) is 0. The number of hydrogen-bond donors (Lipinski definition) is 1. The summed E-state index contributed by atoms with van der Waals surface area (Å²) in [5, 5.41) is 7.38. The van der Waals surface area contributed by atoms with Crippen LogP contribution in [-0.4, -0.2) is 15.7 Å².